The standard InChI is InChI=1S/C51H30N4O2/c1-3-14-31(15-4-1)49-52-50(32-16-5-2-6-17-32)54-51(53-49)37-21-13-25-44-47(37)38-30-33(26-28-43(38)57-44)46-41(27-29-45-48(46)36-20-9-12-24-42(36)56-45)55-39-22-10-7-18-34(39)35-19-8-11-23-40(35)55/h1-30H. The molecule has 0 aliphatic carbocycles. The van der Waals surface area contributed by atoms with Gasteiger partial charge in [-0.3, -0.25) is 0 Å². The minimum absolute atomic E-state index is 0.579. The highest BCUT2D eigenvalue weighted by molar-refractivity contribution is 6.18. The molecule has 0 atom stereocenters. The number of aromatic nitrogens is 4. The van der Waals surface area contributed by atoms with Crippen molar-refractivity contribution in [3.05, 3.63) is 182 Å². The highest BCUT2D eigenvalue weighted by Gasteiger charge is 2.23. The molecule has 0 aliphatic heterocycles. The maximum Gasteiger partial charge on any atom is 0.164 e. The molecule has 12 rings (SSSR count). The van der Waals surface area contributed by atoms with Crippen LogP contribution in [0.2, 0.25) is 0 Å². The molecule has 0 aliphatic rings. The molecule has 0 unspecified atom stereocenters. The van der Waals surface area contributed by atoms with Crippen molar-refractivity contribution in [3.63, 3.8) is 0 Å². The number of rotatable bonds is 5. The van der Waals surface area contributed by atoms with Gasteiger partial charge in [-0.1, -0.05) is 133 Å². The van der Waals surface area contributed by atoms with Crippen LogP contribution in [0.15, 0.2) is 191 Å². The van der Waals surface area contributed by atoms with Crippen molar-refractivity contribution < 1.29 is 8.83 Å². The average molecular weight is 731 g/mol. The summed E-state index contributed by atoms with van der Waals surface area (Å²) in [5.41, 5.74) is 11.4. The highest BCUT2D eigenvalue weighted by Crippen LogP contribution is 2.45. The van der Waals surface area contributed by atoms with Crippen molar-refractivity contribution in [3.8, 4) is 51.0 Å². The Kier molecular flexibility index (Phi) is 6.83. The zero-order valence-corrected chi connectivity index (χ0v) is 30.4. The summed E-state index contributed by atoms with van der Waals surface area (Å²) in [6.07, 6.45) is 0. The van der Waals surface area contributed by atoms with E-state index in [9.17, 15) is 0 Å². The van der Waals surface area contributed by atoms with E-state index < -0.39 is 0 Å². The predicted octanol–water partition coefficient (Wildman–Crippen LogP) is 13.4. The van der Waals surface area contributed by atoms with E-state index in [1.807, 2.05) is 84.9 Å². The number of fused-ring (bicyclic) bond motifs is 9. The van der Waals surface area contributed by atoms with Crippen LogP contribution < -0.4 is 0 Å². The lowest BCUT2D eigenvalue weighted by Gasteiger charge is -2.16. The molecule has 0 radical (unpaired) electrons. The Morgan fingerprint density at radius 1 is 0.351 bits per heavy atom. The fourth-order valence-electron chi connectivity index (χ4n) is 8.56. The first-order chi connectivity index (χ1) is 28.3. The van der Waals surface area contributed by atoms with Crippen molar-refractivity contribution in [2.45, 2.75) is 0 Å². The molecule has 0 amide bonds. The summed E-state index contributed by atoms with van der Waals surface area (Å²) < 4.78 is 15.5. The van der Waals surface area contributed by atoms with Gasteiger partial charge in [0.1, 0.15) is 22.3 Å². The second kappa shape index (κ2) is 12.3. The van der Waals surface area contributed by atoms with Crippen LogP contribution >= 0.6 is 0 Å². The Hall–Kier alpha value is -7.83. The summed E-state index contributed by atoms with van der Waals surface area (Å²) in [6, 6.07) is 62.6. The van der Waals surface area contributed by atoms with E-state index in [-0.39, 0.29) is 0 Å². The number of hydrogen-bond acceptors (Lipinski definition) is 5. The van der Waals surface area contributed by atoms with E-state index in [2.05, 4.69) is 102 Å². The third-order valence-corrected chi connectivity index (χ3v) is 11.1. The van der Waals surface area contributed by atoms with E-state index in [1.54, 1.807) is 0 Å². The molecule has 0 saturated carbocycles. The summed E-state index contributed by atoms with van der Waals surface area (Å²) in [5.74, 6) is 1.80. The lowest BCUT2D eigenvalue weighted by atomic mass is 9.95. The SMILES string of the molecule is c1ccc(-c2nc(-c3ccccc3)nc(-c3cccc4oc5ccc(-c6c(-n7c8ccccc8c8ccccc87)ccc7oc8ccccc8c67)cc5c34)n2)cc1. The zero-order chi connectivity index (χ0) is 37.5. The normalized spacial score (nSPS) is 11.9. The third-order valence-electron chi connectivity index (χ3n) is 11.1. The summed E-state index contributed by atoms with van der Waals surface area (Å²) in [6.45, 7) is 0. The van der Waals surface area contributed by atoms with Crippen molar-refractivity contribution in [2.24, 2.45) is 0 Å². The highest BCUT2D eigenvalue weighted by atomic mass is 16.3. The minimum Gasteiger partial charge on any atom is -0.456 e. The first-order valence-electron chi connectivity index (χ1n) is 19.0. The summed E-state index contributed by atoms with van der Waals surface area (Å²) in [5, 5.41) is 6.46. The number of benzene rings is 8. The van der Waals surface area contributed by atoms with E-state index in [0.29, 0.717) is 17.5 Å². The van der Waals surface area contributed by atoms with Gasteiger partial charge in [0.25, 0.3) is 0 Å². The maximum atomic E-state index is 6.60. The molecule has 4 aromatic heterocycles. The van der Waals surface area contributed by atoms with Gasteiger partial charge < -0.3 is 13.4 Å². The Labute approximate surface area is 325 Å². The van der Waals surface area contributed by atoms with Crippen molar-refractivity contribution in [2.75, 3.05) is 0 Å². The minimum atomic E-state index is 0.579. The monoisotopic (exact) mass is 730 g/mol. The Morgan fingerprint density at radius 2 is 0.877 bits per heavy atom. The van der Waals surface area contributed by atoms with Gasteiger partial charge in [-0.15, -0.1) is 0 Å². The van der Waals surface area contributed by atoms with E-state index in [1.165, 1.54) is 10.8 Å². The quantitative estimate of drug-likeness (QED) is 0.176. The zero-order valence-electron chi connectivity index (χ0n) is 30.4. The Balaban J connectivity index is 1.15. The lowest BCUT2D eigenvalue weighted by molar-refractivity contribution is 0.669. The molecule has 266 valence electrons. The van der Waals surface area contributed by atoms with Gasteiger partial charge >= 0.3 is 0 Å². The van der Waals surface area contributed by atoms with Gasteiger partial charge in [0.15, 0.2) is 17.5 Å². The van der Waals surface area contributed by atoms with Gasteiger partial charge in [-0.25, -0.2) is 15.0 Å². The van der Waals surface area contributed by atoms with Crippen molar-refractivity contribution in [1.29, 1.82) is 0 Å². The molecule has 12 aromatic rings. The van der Waals surface area contributed by atoms with Crippen LogP contribution in [0.5, 0.6) is 0 Å². The molecular formula is C51H30N4O2. The van der Waals surface area contributed by atoms with E-state index in [4.69, 9.17) is 23.8 Å². The first kappa shape index (κ1) is 31.5. The molecule has 6 nitrogen and oxygen atoms in total. The molecule has 8 aromatic carbocycles. The topological polar surface area (TPSA) is 69.9 Å². The predicted molar refractivity (Wildman–Crippen MR) is 230 cm³/mol. The average Bonchev–Trinajstić information content (AvgIpc) is 3.96. The molecule has 0 spiro atoms. The van der Waals surface area contributed by atoms with Crippen LogP contribution in [-0.2, 0) is 0 Å². The van der Waals surface area contributed by atoms with Crippen LogP contribution in [-0.4, -0.2) is 19.5 Å². The van der Waals surface area contributed by atoms with Gasteiger partial charge in [0.2, 0.25) is 0 Å². The second-order valence-electron chi connectivity index (χ2n) is 14.3. The number of hydrogen-bond donors (Lipinski definition) is 0. The van der Waals surface area contributed by atoms with Crippen LogP contribution in [0.1, 0.15) is 0 Å². The second-order valence-corrected chi connectivity index (χ2v) is 14.3. The van der Waals surface area contributed by atoms with Crippen LogP contribution in [0.3, 0.4) is 0 Å². The molecular weight excluding hydrogens is 701 g/mol. The Morgan fingerprint density at radius 3 is 1.56 bits per heavy atom. The van der Waals surface area contributed by atoms with Crippen LogP contribution in [0.25, 0.3) is 117 Å². The fourth-order valence-corrected chi connectivity index (χ4v) is 8.56. The summed E-state index contributed by atoms with van der Waals surface area (Å²) in [4.78, 5) is 15.2. The summed E-state index contributed by atoms with van der Waals surface area (Å²) >= 11 is 0. The molecule has 57 heavy (non-hydrogen) atoms. The Bertz CT molecular complexity index is 3410. The van der Waals surface area contributed by atoms with E-state index >= 15 is 0 Å². The van der Waals surface area contributed by atoms with Crippen molar-refractivity contribution in [1.82, 2.24) is 19.5 Å². The number of nitrogens with zero attached hydrogens (tertiary/aromatic N) is 4. The molecule has 0 bridgehead atoms. The smallest absolute Gasteiger partial charge is 0.164 e. The van der Waals surface area contributed by atoms with Gasteiger partial charge in [-0.2, -0.15) is 0 Å². The lowest BCUT2D eigenvalue weighted by Crippen LogP contribution is -2.00. The number of para-hydroxylation sites is 3. The molecule has 6 heteroatoms. The molecule has 0 N–H and O–H groups in total. The van der Waals surface area contributed by atoms with Crippen molar-refractivity contribution >= 4 is 65.7 Å². The number of furan rings is 2. The fraction of sp³-hybridized carbons (Fsp3) is 0. The molecule has 0 fully saturated rings. The van der Waals surface area contributed by atoms with Gasteiger partial charge in [0.05, 0.1) is 16.7 Å². The van der Waals surface area contributed by atoms with Gasteiger partial charge in [-0.05, 0) is 54.1 Å². The molecule has 4 heterocycles. The largest absolute Gasteiger partial charge is 0.456 e. The summed E-state index contributed by atoms with van der Waals surface area (Å²) in [7, 11) is 0. The van der Waals surface area contributed by atoms with Crippen LogP contribution in [0, 0.1) is 0 Å². The first-order valence-corrected chi connectivity index (χ1v) is 19.0. The van der Waals surface area contributed by atoms with Crippen LogP contribution in [0.4, 0.5) is 0 Å². The van der Waals surface area contributed by atoms with E-state index in [0.717, 1.165) is 88.4 Å². The molecule has 0 saturated heterocycles. The van der Waals surface area contributed by atoms with Gasteiger partial charge in [0, 0.05) is 54.6 Å². The third kappa shape index (κ3) is 4.87. The maximum absolute atomic E-state index is 6.60.